The van der Waals surface area contributed by atoms with Crippen LogP contribution in [0.25, 0.3) is 66.0 Å². The van der Waals surface area contributed by atoms with Gasteiger partial charge in [-0.05, 0) is 122 Å². The topological polar surface area (TPSA) is 9.86 Å². The molecule has 52 heavy (non-hydrogen) atoms. The lowest BCUT2D eigenvalue weighted by Crippen LogP contribution is -2.60. The first-order valence-corrected chi connectivity index (χ1v) is 19.1. The maximum Gasteiger partial charge on any atom is 0.252 e. The van der Waals surface area contributed by atoms with Crippen LogP contribution >= 0.6 is 0 Å². The van der Waals surface area contributed by atoms with Gasteiger partial charge in [0.05, 0.1) is 10.9 Å². The number of hydrogen-bond donors (Lipinski definition) is 0. The van der Waals surface area contributed by atoms with Gasteiger partial charge >= 0.3 is 0 Å². The van der Waals surface area contributed by atoms with Crippen molar-refractivity contribution in [2.75, 3.05) is 0 Å². The summed E-state index contributed by atoms with van der Waals surface area (Å²) in [5.41, 5.74) is 24.8. The van der Waals surface area contributed by atoms with Gasteiger partial charge in [0.1, 0.15) is 0 Å². The summed E-state index contributed by atoms with van der Waals surface area (Å²) in [6, 6.07) is 45.4. The Morgan fingerprint density at radius 2 is 1.21 bits per heavy atom. The van der Waals surface area contributed by atoms with Gasteiger partial charge in [0, 0.05) is 44.3 Å². The van der Waals surface area contributed by atoms with Gasteiger partial charge in [-0.2, -0.15) is 0 Å². The molecule has 0 amide bonds. The fourth-order valence-electron chi connectivity index (χ4n) is 11.6. The minimum Gasteiger partial charge on any atom is -0.315 e. The molecule has 5 heterocycles. The molecule has 0 radical (unpaired) electrons. The molecular weight excluding hydrogens is 627 g/mol. The normalized spacial score (nSPS) is 14.8. The van der Waals surface area contributed by atoms with E-state index in [1.807, 2.05) is 0 Å². The summed E-state index contributed by atoms with van der Waals surface area (Å²) in [6.45, 7) is 9.45. The maximum absolute atomic E-state index is 2.74. The maximum atomic E-state index is 2.74. The fourth-order valence-corrected chi connectivity index (χ4v) is 11.6. The number of benzene rings is 7. The number of aromatic nitrogens is 2. The monoisotopic (exact) mass is 662 g/mol. The second-order valence-corrected chi connectivity index (χ2v) is 15.8. The third kappa shape index (κ3) is 2.78. The number of nitrogens with zero attached hydrogens (tertiary/aromatic N) is 2. The third-order valence-corrected chi connectivity index (χ3v) is 13.8. The summed E-state index contributed by atoms with van der Waals surface area (Å²) in [7, 11) is 0. The van der Waals surface area contributed by atoms with Crippen LogP contribution in [0.5, 0.6) is 0 Å². The molecular formula is C49H35BN2. The number of aryl methyl sites for hydroxylation is 3. The fraction of sp³-hybridized carbons (Fsp3) is 0.143. The van der Waals surface area contributed by atoms with Crippen LogP contribution in [0.15, 0.2) is 115 Å². The van der Waals surface area contributed by atoms with E-state index in [4.69, 9.17) is 0 Å². The molecule has 7 aromatic carbocycles. The van der Waals surface area contributed by atoms with Crippen LogP contribution in [-0.4, -0.2) is 15.8 Å². The van der Waals surface area contributed by atoms with Gasteiger partial charge in [-0.25, -0.2) is 0 Å². The largest absolute Gasteiger partial charge is 0.315 e. The Bertz CT molecular complexity index is 3140. The summed E-state index contributed by atoms with van der Waals surface area (Å²) in [5, 5.41) is 6.91. The highest BCUT2D eigenvalue weighted by atomic mass is 15.1. The van der Waals surface area contributed by atoms with E-state index in [0.29, 0.717) is 0 Å². The Balaban J connectivity index is 1.34. The van der Waals surface area contributed by atoms with Crippen LogP contribution in [-0.2, 0) is 18.3 Å². The van der Waals surface area contributed by atoms with E-state index < -0.39 is 5.41 Å². The summed E-state index contributed by atoms with van der Waals surface area (Å²) < 4.78 is 5.37. The van der Waals surface area contributed by atoms with Gasteiger partial charge < -0.3 is 9.13 Å². The highest BCUT2D eigenvalue weighted by Gasteiger charge is 2.54. The standard InChI is InChI=1S/C49H35BN2/c1-5-28-21-34-35-22-29(6-2)24-40-46(35)52-45(34)39(23-28)49(36-17-11-9-15-32(36)33-16-10-12-18-37(33)49)38-19-20-42-44(47(38)52)50(40)41-25-30-13-7-8-14-31(30)43-26(3)27(4)51(42)48(41)43/h7-25H,5-6H2,1-4H3. The van der Waals surface area contributed by atoms with Crippen molar-refractivity contribution in [3.8, 4) is 22.5 Å². The van der Waals surface area contributed by atoms with E-state index >= 15 is 0 Å². The van der Waals surface area contributed by atoms with Gasteiger partial charge in [0.2, 0.25) is 0 Å². The molecule has 0 saturated carbocycles. The van der Waals surface area contributed by atoms with Crippen molar-refractivity contribution < 1.29 is 0 Å². The number of rotatable bonds is 2. The first-order valence-electron chi connectivity index (χ1n) is 19.1. The molecule has 0 fully saturated rings. The van der Waals surface area contributed by atoms with E-state index in [1.54, 1.807) is 0 Å². The summed E-state index contributed by atoms with van der Waals surface area (Å²) in [4.78, 5) is 0. The molecule has 0 atom stereocenters. The molecule has 0 unspecified atom stereocenters. The second-order valence-electron chi connectivity index (χ2n) is 15.8. The van der Waals surface area contributed by atoms with E-state index in [0.717, 1.165) is 12.8 Å². The molecule has 1 spiro atoms. The predicted molar refractivity (Wildman–Crippen MR) is 219 cm³/mol. The first-order chi connectivity index (χ1) is 25.6. The summed E-state index contributed by atoms with van der Waals surface area (Å²) in [5.74, 6) is 0. The van der Waals surface area contributed by atoms with E-state index in [-0.39, 0.29) is 6.71 Å². The van der Waals surface area contributed by atoms with Crippen LogP contribution in [0, 0.1) is 13.8 Å². The van der Waals surface area contributed by atoms with Gasteiger partial charge in [0.15, 0.2) is 0 Å². The Kier molecular flexibility index (Phi) is 4.81. The lowest BCUT2D eigenvalue weighted by Gasteiger charge is -2.44. The Morgan fingerprint density at radius 3 is 1.96 bits per heavy atom. The Morgan fingerprint density at radius 1 is 0.558 bits per heavy atom. The van der Waals surface area contributed by atoms with Crippen LogP contribution in [0.3, 0.4) is 0 Å². The van der Waals surface area contributed by atoms with Gasteiger partial charge in [-0.3, -0.25) is 0 Å². The molecule has 4 aliphatic rings. The van der Waals surface area contributed by atoms with Crippen LogP contribution in [0.2, 0.25) is 0 Å². The highest BCUT2D eigenvalue weighted by molar-refractivity contribution is 7.00. The van der Waals surface area contributed by atoms with Crippen LogP contribution < -0.4 is 16.4 Å². The van der Waals surface area contributed by atoms with Crippen molar-refractivity contribution in [2.24, 2.45) is 0 Å². The minimum atomic E-state index is -0.429. The molecule has 13 rings (SSSR count). The molecule has 2 aromatic heterocycles. The van der Waals surface area contributed by atoms with Crippen molar-refractivity contribution in [3.63, 3.8) is 0 Å². The third-order valence-electron chi connectivity index (χ3n) is 13.8. The number of hydrogen-bond acceptors (Lipinski definition) is 0. The summed E-state index contributed by atoms with van der Waals surface area (Å²) in [6.07, 6.45) is 2.01. The van der Waals surface area contributed by atoms with E-state index in [1.165, 1.54) is 127 Å². The zero-order valence-corrected chi connectivity index (χ0v) is 29.9. The molecule has 0 N–H and O–H groups in total. The second kappa shape index (κ2) is 8.98. The SMILES string of the molecule is CCc1cc2c3c(c1)c1cc(CC)cc4c1n3-c1c(ccc3c1B2c1cc2ccccc2c2c(C)c(C)n-3c12)C41c2ccccc2-c2ccccc21. The van der Waals surface area contributed by atoms with Crippen molar-refractivity contribution in [1.82, 2.24) is 9.13 Å². The van der Waals surface area contributed by atoms with Gasteiger partial charge in [0.25, 0.3) is 6.71 Å². The van der Waals surface area contributed by atoms with Crippen LogP contribution in [0.4, 0.5) is 0 Å². The zero-order chi connectivity index (χ0) is 34.4. The smallest absolute Gasteiger partial charge is 0.252 e. The quantitative estimate of drug-likeness (QED) is 0.163. The van der Waals surface area contributed by atoms with Crippen LogP contribution in [0.1, 0.15) is 58.5 Å². The molecule has 0 saturated heterocycles. The molecule has 2 nitrogen and oxygen atoms in total. The molecule has 3 aliphatic heterocycles. The summed E-state index contributed by atoms with van der Waals surface area (Å²) >= 11 is 0. The average Bonchev–Trinajstić information content (AvgIpc) is 3.78. The predicted octanol–water partition coefficient (Wildman–Crippen LogP) is 9.44. The van der Waals surface area contributed by atoms with E-state index in [9.17, 15) is 0 Å². The molecule has 0 bridgehead atoms. The lowest BCUT2D eigenvalue weighted by molar-refractivity contribution is 0.747. The van der Waals surface area contributed by atoms with Gasteiger partial charge in [-0.15, -0.1) is 0 Å². The van der Waals surface area contributed by atoms with Crippen molar-refractivity contribution in [2.45, 2.75) is 46.0 Å². The van der Waals surface area contributed by atoms with Gasteiger partial charge in [-0.1, -0.05) is 111 Å². The zero-order valence-electron chi connectivity index (χ0n) is 29.9. The first kappa shape index (κ1) is 27.9. The molecule has 244 valence electrons. The van der Waals surface area contributed by atoms with Crippen molar-refractivity contribution in [1.29, 1.82) is 0 Å². The molecule has 3 heteroatoms. The lowest BCUT2D eigenvalue weighted by atomic mass is 9.33. The Labute approximate surface area is 303 Å². The molecule has 1 aliphatic carbocycles. The molecule has 9 aromatic rings. The van der Waals surface area contributed by atoms with Crippen molar-refractivity contribution >= 4 is 66.6 Å². The number of fused-ring (bicyclic) bond motifs is 13. The average molecular weight is 663 g/mol. The van der Waals surface area contributed by atoms with Crippen molar-refractivity contribution in [3.05, 3.63) is 160 Å². The Hall–Kier alpha value is -5.80. The minimum absolute atomic E-state index is 0.125. The van der Waals surface area contributed by atoms with E-state index in [2.05, 4.69) is 152 Å². The highest BCUT2D eigenvalue weighted by Crippen LogP contribution is 2.61.